The van der Waals surface area contributed by atoms with Crippen molar-refractivity contribution in [2.24, 2.45) is 0 Å². The Bertz CT molecular complexity index is 950. The summed E-state index contributed by atoms with van der Waals surface area (Å²) in [6.07, 6.45) is -0.762. The van der Waals surface area contributed by atoms with Crippen molar-refractivity contribution in [2.75, 3.05) is 6.54 Å². The van der Waals surface area contributed by atoms with E-state index in [2.05, 4.69) is 5.32 Å². The quantitative estimate of drug-likeness (QED) is 0.789. The normalized spacial score (nSPS) is 14.6. The van der Waals surface area contributed by atoms with E-state index in [-0.39, 0.29) is 23.2 Å². The summed E-state index contributed by atoms with van der Waals surface area (Å²) in [6.45, 7) is 4.82. The van der Waals surface area contributed by atoms with Crippen LogP contribution in [0.1, 0.15) is 53.1 Å². The van der Waals surface area contributed by atoms with Crippen LogP contribution in [-0.4, -0.2) is 35.0 Å². The zero-order valence-corrected chi connectivity index (χ0v) is 16.2. The third-order valence-corrected chi connectivity index (χ3v) is 4.30. The van der Waals surface area contributed by atoms with Crippen molar-refractivity contribution in [3.63, 3.8) is 0 Å². The summed E-state index contributed by atoms with van der Waals surface area (Å²) in [5, 5.41) is 2.49. The van der Waals surface area contributed by atoms with Gasteiger partial charge in [-0.1, -0.05) is 18.2 Å². The highest BCUT2D eigenvalue weighted by Gasteiger charge is 2.40. The third-order valence-electron chi connectivity index (χ3n) is 4.30. The highest BCUT2D eigenvalue weighted by Crippen LogP contribution is 2.31. The van der Waals surface area contributed by atoms with Gasteiger partial charge in [0.15, 0.2) is 11.6 Å². The SMILES string of the molecule is CC(C)(C)OC(=O)NCC(c1ccc(F)c(F)c1)N1C(=O)c2ccccc2C1=O. The van der Waals surface area contributed by atoms with E-state index in [1.807, 2.05) is 0 Å². The molecule has 1 aliphatic rings. The second-order valence-corrected chi connectivity index (χ2v) is 7.60. The van der Waals surface area contributed by atoms with Gasteiger partial charge in [-0.3, -0.25) is 14.5 Å². The number of imide groups is 1. The molecule has 29 heavy (non-hydrogen) atoms. The van der Waals surface area contributed by atoms with Crippen LogP contribution in [0.25, 0.3) is 0 Å². The third kappa shape index (κ3) is 4.26. The first-order valence-electron chi connectivity index (χ1n) is 8.97. The van der Waals surface area contributed by atoms with Gasteiger partial charge < -0.3 is 10.1 Å². The Kier molecular flexibility index (Phi) is 5.37. The zero-order chi connectivity index (χ0) is 21.3. The molecule has 3 rings (SSSR count). The molecule has 152 valence electrons. The van der Waals surface area contributed by atoms with E-state index in [1.54, 1.807) is 32.9 Å². The molecule has 0 bridgehead atoms. The van der Waals surface area contributed by atoms with Gasteiger partial charge in [0.1, 0.15) is 5.60 Å². The van der Waals surface area contributed by atoms with Crippen LogP contribution in [0.5, 0.6) is 0 Å². The molecule has 0 aliphatic carbocycles. The maximum absolute atomic E-state index is 13.8. The molecule has 1 N–H and O–H groups in total. The Morgan fingerprint density at radius 3 is 2.14 bits per heavy atom. The summed E-state index contributed by atoms with van der Waals surface area (Å²) in [7, 11) is 0. The predicted octanol–water partition coefficient (Wildman–Crippen LogP) is 3.83. The van der Waals surface area contributed by atoms with Crippen LogP contribution in [0.3, 0.4) is 0 Å². The van der Waals surface area contributed by atoms with Crippen LogP contribution in [0.15, 0.2) is 42.5 Å². The maximum Gasteiger partial charge on any atom is 0.407 e. The lowest BCUT2D eigenvalue weighted by molar-refractivity contribution is 0.0467. The number of benzene rings is 2. The molecule has 8 heteroatoms. The van der Waals surface area contributed by atoms with Gasteiger partial charge in [-0.2, -0.15) is 0 Å². The van der Waals surface area contributed by atoms with Crippen LogP contribution >= 0.6 is 0 Å². The predicted molar refractivity (Wildman–Crippen MR) is 100 cm³/mol. The topological polar surface area (TPSA) is 75.7 Å². The Labute approximate surface area is 166 Å². The number of fused-ring (bicyclic) bond motifs is 1. The summed E-state index contributed by atoms with van der Waals surface area (Å²) in [5.41, 5.74) is -0.170. The summed E-state index contributed by atoms with van der Waals surface area (Å²) >= 11 is 0. The number of hydrogen-bond donors (Lipinski definition) is 1. The van der Waals surface area contributed by atoms with Gasteiger partial charge in [0.2, 0.25) is 0 Å². The van der Waals surface area contributed by atoms with Crippen LogP contribution in [0.2, 0.25) is 0 Å². The van der Waals surface area contributed by atoms with Gasteiger partial charge in [-0.15, -0.1) is 0 Å². The van der Waals surface area contributed by atoms with E-state index in [1.165, 1.54) is 18.2 Å². The minimum Gasteiger partial charge on any atom is -0.444 e. The van der Waals surface area contributed by atoms with Gasteiger partial charge in [-0.05, 0) is 50.6 Å². The number of ether oxygens (including phenoxy) is 1. The first-order chi connectivity index (χ1) is 13.6. The zero-order valence-electron chi connectivity index (χ0n) is 16.2. The van der Waals surface area contributed by atoms with Gasteiger partial charge in [0.05, 0.1) is 17.2 Å². The van der Waals surface area contributed by atoms with Crippen molar-refractivity contribution >= 4 is 17.9 Å². The second-order valence-electron chi connectivity index (χ2n) is 7.60. The first kappa shape index (κ1) is 20.4. The molecule has 0 spiro atoms. The molecule has 1 aliphatic heterocycles. The molecular formula is C21H20F2N2O4. The number of hydrogen-bond acceptors (Lipinski definition) is 4. The number of carbonyl (C=O) groups is 3. The lowest BCUT2D eigenvalue weighted by Gasteiger charge is -2.28. The smallest absolute Gasteiger partial charge is 0.407 e. The van der Waals surface area contributed by atoms with Crippen molar-refractivity contribution in [3.8, 4) is 0 Å². The number of amides is 3. The van der Waals surface area contributed by atoms with E-state index in [9.17, 15) is 23.2 Å². The molecule has 0 radical (unpaired) electrons. The fourth-order valence-electron chi connectivity index (χ4n) is 3.06. The standard InChI is InChI=1S/C21H20F2N2O4/c1-21(2,3)29-20(28)24-11-17(12-8-9-15(22)16(23)10-12)25-18(26)13-6-4-5-7-14(13)19(25)27/h4-10,17H,11H2,1-3H3,(H,24,28). The number of carbonyl (C=O) groups excluding carboxylic acids is 3. The molecule has 2 aromatic rings. The van der Waals surface area contributed by atoms with Crippen molar-refractivity contribution in [1.82, 2.24) is 10.2 Å². The number of rotatable bonds is 4. The lowest BCUT2D eigenvalue weighted by Crippen LogP contribution is -2.42. The van der Waals surface area contributed by atoms with Crippen LogP contribution in [-0.2, 0) is 4.74 Å². The van der Waals surface area contributed by atoms with E-state index in [0.29, 0.717) is 0 Å². The van der Waals surface area contributed by atoms with Gasteiger partial charge in [0, 0.05) is 6.54 Å². The van der Waals surface area contributed by atoms with Crippen molar-refractivity contribution < 1.29 is 27.9 Å². The van der Waals surface area contributed by atoms with Crippen molar-refractivity contribution in [2.45, 2.75) is 32.4 Å². The number of nitrogens with zero attached hydrogens (tertiary/aromatic N) is 1. The number of halogens is 2. The minimum absolute atomic E-state index is 0.162. The molecule has 1 unspecified atom stereocenters. The van der Waals surface area contributed by atoms with Crippen LogP contribution < -0.4 is 5.32 Å². The highest BCUT2D eigenvalue weighted by molar-refractivity contribution is 6.21. The van der Waals surface area contributed by atoms with E-state index in [0.717, 1.165) is 17.0 Å². The number of nitrogens with one attached hydrogen (secondary N) is 1. The molecule has 0 saturated carbocycles. The number of alkyl carbamates (subject to hydrolysis) is 1. The second kappa shape index (κ2) is 7.62. The Morgan fingerprint density at radius 2 is 1.62 bits per heavy atom. The van der Waals surface area contributed by atoms with Crippen molar-refractivity contribution in [1.29, 1.82) is 0 Å². The molecule has 2 aromatic carbocycles. The summed E-state index contributed by atoms with van der Waals surface area (Å²) in [4.78, 5) is 38.7. The van der Waals surface area contributed by atoms with Crippen LogP contribution in [0.4, 0.5) is 13.6 Å². The summed E-state index contributed by atoms with van der Waals surface area (Å²) in [5.74, 6) is -3.34. The maximum atomic E-state index is 13.8. The average molecular weight is 402 g/mol. The van der Waals surface area contributed by atoms with Crippen molar-refractivity contribution in [3.05, 3.63) is 70.8 Å². The average Bonchev–Trinajstić information content (AvgIpc) is 2.89. The fourth-order valence-corrected chi connectivity index (χ4v) is 3.06. The van der Waals surface area contributed by atoms with E-state index in [4.69, 9.17) is 4.74 Å². The fraction of sp³-hybridized carbons (Fsp3) is 0.286. The Balaban J connectivity index is 1.93. The monoisotopic (exact) mass is 402 g/mol. The van der Waals surface area contributed by atoms with E-state index < -0.39 is 41.2 Å². The van der Waals surface area contributed by atoms with Gasteiger partial charge in [-0.25, -0.2) is 13.6 Å². The van der Waals surface area contributed by atoms with Gasteiger partial charge >= 0.3 is 6.09 Å². The molecule has 6 nitrogen and oxygen atoms in total. The first-order valence-corrected chi connectivity index (χ1v) is 8.97. The summed E-state index contributed by atoms with van der Waals surface area (Å²) in [6, 6.07) is 8.30. The minimum atomic E-state index is -1.12. The Hall–Kier alpha value is -3.29. The molecule has 0 aromatic heterocycles. The lowest BCUT2D eigenvalue weighted by atomic mass is 10.0. The van der Waals surface area contributed by atoms with Crippen LogP contribution in [0, 0.1) is 11.6 Å². The van der Waals surface area contributed by atoms with Gasteiger partial charge in [0.25, 0.3) is 11.8 Å². The molecule has 0 fully saturated rings. The molecule has 1 atom stereocenters. The summed E-state index contributed by atoms with van der Waals surface area (Å²) < 4.78 is 32.4. The highest BCUT2D eigenvalue weighted by atomic mass is 19.2. The molecule has 1 heterocycles. The van der Waals surface area contributed by atoms with E-state index >= 15 is 0 Å². The molecular weight excluding hydrogens is 382 g/mol. The molecule has 3 amide bonds. The molecule has 0 saturated heterocycles. The largest absolute Gasteiger partial charge is 0.444 e. The Morgan fingerprint density at radius 1 is 1.03 bits per heavy atom.